The Bertz CT molecular complexity index is 1320. The number of anilines is 1. The molecule has 1 aromatic carbocycles. The highest BCUT2D eigenvalue weighted by molar-refractivity contribution is 8.00. The van der Waals surface area contributed by atoms with E-state index in [4.69, 9.17) is 32.5 Å². The maximum Gasteiger partial charge on any atom is 0.446 e. The van der Waals surface area contributed by atoms with E-state index >= 15 is 0 Å². The summed E-state index contributed by atoms with van der Waals surface area (Å²) >= 11 is 13.3. The van der Waals surface area contributed by atoms with Gasteiger partial charge in [0, 0.05) is 23.3 Å². The highest BCUT2D eigenvalue weighted by Crippen LogP contribution is 2.54. The molecule has 8 nitrogen and oxygen atoms in total. The summed E-state index contributed by atoms with van der Waals surface area (Å²) in [5.41, 5.74) is -4.44. The molecule has 2 saturated heterocycles. The third kappa shape index (κ3) is 4.98. The Balaban J connectivity index is 1.62. The number of carbonyl (C=O) groups excluding carboxylic acids is 1. The van der Waals surface area contributed by atoms with E-state index < -0.39 is 47.5 Å². The minimum Gasteiger partial charge on any atom is -0.383 e. The lowest BCUT2D eigenvalue weighted by Crippen LogP contribution is -2.39. The molecule has 0 spiro atoms. The number of fused-ring (bicyclic) bond motifs is 1. The average molecular weight is 587 g/mol. The fraction of sp³-hybridized carbons (Fsp3) is 0.450. The van der Waals surface area contributed by atoms with Crippen molar-refractivity contribution in [3.05, 3.63) is 22.0 Å². The number of nitrogens with one attached hydrogen (secondary N) is 2. The van der Waals surface area contributed by atoms with E-state index in [-0.39, 0.29) is 60.3 Å². The third-order valence-corrected chi connectivity index (χ3v) is 8.45. The summed E-state index contributed by atoms with van der Waals surface area (Å²) in [5.74, 6) is -0.854. The zero-order valence-electron chi connectivity index (χ0n) is 17.9. The van der Waals surface area contributed by atoms with Gasteiger partial charge in [-0.1, -0.05) is 28.4 Å². The van der Waals surface area contributed by atoms with Crippen LogP contribution in [-0.2, 0) is 9.53 Å². The van der Waals surface area contributed by atoms with Crippen LogP contribution in [0, 0.1) is 0 Å². The number of nitrogens with zero attached hydrogens (tertiary/aromatic N) is 2. The van der Waals surface area contributed by atoms with Crippen LogP contribution in [0.4, 0.5) is 23.2 Å². The lowest BCUT2D eigenvalue weighted by atomic mass is 10.1. The molecular weight excluding hydrogens is 571 g/mol. The van der Waals surface area contributed by atoms with E-state index in [0.29, 0.717) is 13.0 Å². The lowest BCUT2D eigenvalue weighted by molar-refractivity contribution is -0.126. The molecule has 3 aromatic rings. The van der Waals surface area contributed by atoms with Crippen molar-refractivity contribution in [2.75, 3.05) is 18.5 Å². The zero-order valence-corrected chi connectivity index (χ0v) is 21.0. The number of benzene rings is 1. The van der Waals surface area contributed by atoms with Gasteiger partial charge in [0.2, 0.25) is 17.6 Å². The maximum atomic E-state index is 14.4. The van der Waals surface area contributed by atoms with Crippen LogP contribution in [0.25, 0.3) is 20.8 Å². The molecule has 2 aliphatic rings. The van der Waals surface area contributed by atoms with Gasteiger partial charge in [0.15, 0.2) is 0 Å². The van der Waals surface area contributed by atoms with E-state index in [0.717, 1.165) is 11.3 Å². The SMILES string of the molecule is O=C1N[C@@H](c2nc(-c3sc4c(N[C@@H]5CCOC[C@@H]5F)c(Cl)cc(Cl)c4c3SC(F)(F)F)no2)C[C@H]1O. The first-order chi connectivity index (χ1) is 17.0. The second-order valence-corrected chi connectivity index (χ2v) is 11.0. The molecule has 0 saturated carbocycles. The van der Waals surface area contributed by atoms with Crippen molar-refractivity contribution in [1.29, 1.82) is 0 Å². The van der Waals surface area contributed by atoms with Crippen molar-refractivity contribution in [3.63, 3.8) is 0 Å². The van der Waals surface area contributed by atoms with Gasteiger partial charge in [-0.15, -0.1) is 11.3 Å². The highest BCUT2D eigenvalue weighted by atomic mass is 35.5. The molecule has 2 aliphatic heterocycles. The molecule has 4 atom stereocenters. The molecular formula is C20H16Cl2F4N4O4S2. The third-order valence-electron chi connectivity index (χ3n) is 5.68. The number of aromatic nitrogens is 2. The van der Waals surface area contributed by atoms with E-state index in [9.17, 15) is 27.5 Å². The number of thiophene rings is 1. The first kappa shape index (κ1) is 25.8. The molecule has 194 valence electrons. The van der Waals surface area contributed by atoms with Gasteiger partial charge in [-0.25, -0.2) is 4.39 Å². The van der Waals surface area contributed by atoms with E-state index in [1.807, 2.05) is 0 Å². The molecule has 0 radical (unpaired) electrons. The number of rotatable bonds is 5. The molecule has 0 aliphatic carbocycles. The fourth-order valence-electron chi connectivity index (χ4n) is 4.01. The van der Waals surface area contributed by atoms with Crippen molar-refractivity contribution >= 4 is 68.0 Å². The monoisotopic (exact) mass is 586 g/mol. The van der Waals surface area contributed by atoms with Crippen molar-refractivity contribution in [1.82, 2.24) is 15.5 Å². The lowest BCUT2D eigenvalue weighted by Gasteiger charge is -2.28. The predicted molar refractivity (Wildman–Crippen MR) is 126 cm³/mol. The second-order valence-electron chi connectivity index (χ2n) is 8.13. The van der Waals surface area contributed by atoms with E-state index in [2.05, 4.69) is 20.8 Å². The van der Waals surface area contributed by atoms with Crippen LogP contribution in [0.3, 0.4) is 0 Å². The minimum atomic E-state index is -4.68. The normalized spacial score (nSPS) is 24.9. The number of halogens is 6. The number of carbonyl (C=O) groups is 1. The van der Waals surface area contributed by atoms with Crippen LogP contribution in [-0.4, -0.2) is 58.2 Å². The van der Waals surface area contributed by atoms with Gasteiger partial charge in [0.05, 0.1) is 38.0 Å². The molecule has 4 heterocycles. The van der Waals surface area contributed by atoms with Gasteiger partial charge in [0.25, 0.3) is 0 Å². The summed E-state index contributed by atoms with van der Waals surface area (Å²) in [6, 6.07) is -0.153. The van der Waals surface area contributed by atoms with Crippen molar-refractivity contribution in [2.45, 2.75) is 47.6 Å². The fourth-order valence-corrected chi connectivity index (χ4v) is 6.99. The molecule has 5 rings (SSSR count). The van der Waals surface area contributed by atoms with Crippen LogP contribution in [0.2, 0.25) is 10.0 Å². The molecule has 36 heavy (non-hydrogen) atoms. The van der Waals surface area contributed by atoms with Crippen LogP contribution >= 0.6 is 46.3 Å². The molecule has 3 N–H and O–H groups in total. The average Bonchev–Trinajstić information content (AvgIpc) is 3.49. The summed E-state index contributed by atoms with van der Waals surface area (Å²) in [6.45, 7) is 0.199. The topological polar surface area (TPSA) is 110 Å². The summed E-state index contributed by atoms with van der Waals surface area (Å²) < 4.78 is 65.8. The van der Waals surface area contributed by atoms with Gasteiger partial charge < -0.3 is 25.0 Å². The van der Waals surface area contributed by atoms with Gasteiger partial charge in [-0.2, -0.15) is 18.2 Å². The maximum absolute atomic E-state index is 14.4. The number of hydrogen-bond donors (Lipinski definition) is 3. The molecule has 2 aromatic heterocycles. The van der Waals surface area contributed by atoms with Crippen LogP contribution in [0.5, 0.6) is 0 Å². The largest absolute Gasteiger partial charge is 0.446 e. The summed E-state index contributed by atoms with van der Waals surface area (Å²) in [6.07, 6.45) is -2.30. The molecule has 16 heteroatoms. The van der Waals surface area contributed by atoms with Crippen molar-refractivity contribution in [2.24, 2.45) is 0 Å². The number of amides is 1. The Hall–Kier alpha value is -1.84. The van der Waals surface area contributed by atoms with Gasteiger partial charge in [-0.3, -0.25) is 4.79 Å². The smallest absolute Gasteiger partial charge is 0.383 e. The number of alkyl halides is 4. The quantitative estimate of drug-likeness (QED) is 0.272. The molecule has 0 unspecified atom stereocenters. The summed E-state index contributed by atoms with van der Waals surface area (Å²) in [7, 11) is 0. The standard InChI is InChI=1S/C20H16Cl2F4N4O4S2/c21-6-3-7(22)13(27-9-1-2-33-5-8(9)23)14-12(6)15(36-20(24,25)26)16(35-14)17-29-19(34-30-17)10-4-11(31)18(32)28-10/h3,8-11,27,31H,1-2,4-5H2,(H,28,32)/t8-,9+,10+,11+/m0/s1. The number of hydrogen-bond acceptors (Lipinski definition) is 9. The van der Waals surface area contributed by atoms with Gasteiger partial charge in [0.1, 0.15) is 18.3 Å². The summed E-state index contributed by atoms with van der Waals surface area (Å²) in [5, 5.41) is 19.1. The molecule has 2 fully saturated rings. The second kappa shape index (κ2) is 9.80. The van der Waals surface area contributed by atoms with E-state index in [1.54, 1.807) is 0 Å². The predicted octanol–water partition coefficient (Wildman–Crippen LogP) is 5.33. The van der Waals surface area contributed by atoms with Gasteiger partial charge in [-0.05, 0) is 24.2 Å². The number of thioether (sulfide) groups is 1. The Morgan fingerprint density at radius 2 is 2.08 bits per heavy atom. The minimum absolute atomic E-state index is 0.00295. The van der Waals surface area contributed by atoms with Crippen LogP contribution < -0.4 is 10.6 Å². The number of aliphatic hydroxyl groups is 1. The van der Waals surface area contributed by atoms with Crippen LogP contribution in [0.1, 0.15) is 24.8 Å². The Labute approximate surface area is 218 Å². The van der Waals surface area contributed by atoms with Gasteiger partial charge >= 0.3 is 5.51 Å². The van der Waals surface area contributed by atoms with Crippen molar-refractivity contribution < 1.29 is 36.7 Å². The Morgan fingerprint density at radius 3 is 2.75 bits per heavy atom. The highest BCUT2D eigenvalue weighted by Gasteiger charge is 2.38. The first-order valence-corrected chi connectivity index (χ1v) is 12.9. The van der Waals surface area contributed by atoms with Crippen molar-refractivity contribution in [3.8, 4) is 10.7 Å². The number of aliphatic hydroxyl groups excluding tert-OH is 1. The van der Waals surface area contributed by atoms with E-state index in [1.165, 1.54) is 6.07 Å². The first-order valence-electron chi connectivity index (χ1n) is 10.5. The molecule has 0 bridgehead atoms. The number of ether oxygens (including phenoxy) is 1. The molecule has 1 amide bonds. The Morgan fingerprint density at radius 1 is 1.31 bits per heavy atom. The Kier molecular flexibility index (Phi) is 7.02. The zero-order chi connectivity index (χ0) is 25.8. The van der Waals surface area contributed by atoms with Crippen LogP contribution in [0.15, 0.2) is 15.5 Å². The summed E-state index contributed by atoms with van der Waals surface area (Å²) in [4.78, 5) is 15.5.